The van der Waals surface area contributed by atoms with Crippen LogP contribution in [0.15, 0.2) is 5.18 Å². The molecule has 21 heavy (non-hydrogen) atoms. The second-order valence-corrected chi connectivity index (χ2v) is 6.82. The standard InChI is InChI=1S/C17H32N2O2/c1-4-6-11-17(3)14(7-5-2)8-9-15(17)10-12-18-13-16(20)19-21/h14-15,18H,4-13H2,1-3H3. The van der Waals surface area contributed by atoms with Crippen LogP contribution in [-0.2, 0) is 4.79 Å². The third-order valence-electron chi connectivity index (χ3n) is 5.48. The predicted octanol–water partition coefficient (Wildman–Crippen LogP) is 4.28. The van der Waals surface area contributed by atoms with Gasteiger partial charge in [0.15, 0.2) is 0 Å². The summed E-state index contributed by atoms with van der Waals surface area (Å²) in [5.41, 5.74) is 0.459. The van der Waals surface area contributed by atoms with Gasteiger partial charge in [0.25, 0.3) is 5.91 Å². The lowest BCUT2D eigenvalue weighted by molar-refractivity contribution is -0.117. The third-order valence-corrected chi connectivity index (χ3v) is 5.48. The monoisotopic (exact) mass is 296 g/mol. The van der Waals surface area contributed by atoms with Gasteiger partial charge in [0.1, 0.15) is 0 Å². The summed E-state index contributed by atoms with van der Waals surface area (Å²) in [5, 5.41) is 5.47. The fraction of sp³-hybridized carbons (Fsp3) is 0.941. The quantitative estimate of drug-likeness (QED) is 0.483. The van der Waals surface area contributed by atoms with E-state index < -0.39 is 5.91 Å². The van der Waals surface area contributed by atoms with Crippen molar-refractivity contribution in [1.82, 2.24) is 5.32 Å². The number of nitroso groups, excluding NO2 is 1. The van der Waals surface area contributed by atoms with Crippen molar-refractivity contribution in [2.24, 2.45) is 22.4 Å². The molecule has 0 aromatic carbocycles. The van der Waals surface area contributed by atoms with Gasteiger partial charge in [0, 0.05) is 5.18 Å². The molecule has 1 saturated carbocycles. The molecule has 1 aliphatic rings. The van der Waals surface area contributed by atoms with Gasteiger partial charge in [-0.15, -0.1) is 4.91 Å². The van der Waals surface area contributed by atoms with Crippen LogP contribution in [0.3, 0.4) is 0 Å². The molecule has 122 valence electrons. The van der Waals surface area contributed by atoms with Crippen LogP contribution in [0.25, 0.3) is 0 Å². The molecule has 1 N–H and O–H groups in total. The first-order chi connectivity index (χ1) is 10.1. The summed E-state index contributed by atoms with van der Waals surface area (Å²) >= 11 is 0. The molecule has 4 heteroatoms. The number of amides is 1. The Morgan fingerprint density at radius 2 is 1.86 bits per heavy atom. The minimum Gasteiger partial charge on any atom is -0.308 e. The number of carbonyl (C=O) groups is 1. The van der Waals surface area contributed by atoms with E-state index in [1.54, 1.807) is 0 Å². The Bertz CT molecular complexity index is 333. The largest absolute Gasteiger partial charge is 0.308 e. The molecule has 0 aliphatic heterocycles. The lowest BCUT2D eigenvalue weighted by Crippen LogP contribution is -2.32. The predicted molar refractivity (Wildman–Crippen MR) is 87.0 cm³/mol. The van der Waals surface area contributed by atoms with E-state index in [2.05, 4.69) is 31.3 Å². The summed E-state index contributed by atoms with van der Waals surface area (Å²) < 4.78 is 0. The summed E-state index contributed by atoms with van der Waals surface area (Å²) in [4.78, 5) is 20.9. The first-order valence-electron chi connectivity index (χ1n) is 8.65. The summed E-state index contributed by atoms with van der Waals surface area (Å²) in [7, 11) is 0. The Morgan fingerprint density at radius 1 is 1.19 bits per heavy atom. The first kappa shape index (κ1) is 18.3. The van der Waals surface area contributed by atoms with Gasteiger partial charge >= 0.3 is 0 Å². The summed E-state index contributed by atoms with van der Waals surface area (Å²) in [6.07, 6.45) is 10.3. The van der Waals surface area contributed by atoms with Crippen LogP contribution < -0.4 is 5.32 Å². The van der Waals surface area contributed by atoms with E-state index in [0.29, 0.717) is 5.41 Å². The van der Waals surface area contributed by atoms with Crippen molar-refractivity contribution in [3.63, 3.8) is 0 Å². The van der Waals surface area contributed by atoms with E-state index in [1.165, 1.54) is 44.9 Å². The van der Waals surface area contributed by atoms with Gasteiger partial charge in [-0.2, -0.15) is 0 Å². The molecule has 0 saturated heterocycles. The van der Waals surface area contributed by atoms with Crippen LogP contribution >= 0.6 is 0 Å². The minimum atomic E-state index is -0.598. The fourth-order valence-corrected chi connectivity index (χ4v) is 4.16. The SMILES string of the molecule is CCCCC1(C)C(CCC)CCC1CCNCC(=O)N=O. The molecular weight excluding hydrogens is 264 g/mol. The van der Waals surface area contributed by atoms with Crippen molar-refractivity contribution >= 4 is 5.91 Å². The fourth-order valence-electron chi connectivity index (χ4n) is 4.16. The van der Waals surface area contributed by atoms with Gasteiger partial charge in [0.05, 0.1) is 6.54 Å². The Hall–Kier alpha value is -0.770. The van der Waals surface area contributed by atoms with Crippen molar-refractivity contribution in [1.29, 1.82) is 0 Å². The maximum atomic E-state index is 10.9. The average molecular weight is 296 g/mol. The van der Waals surface area contributed by atoms with Crippen molar-refractivity contribution in [3.8, 4) is 0 Å². The number of unbranched alkanes of at least 4 members (excludes halogenated alkanes) is 1. The maximum Gasteiger partial charge on any atom is 0.299 e. The summed E-state index contributed by atoms with van der Waals surface area (Å²) in [6, 6.07) is 0. The molecule has 0 radical (unpaired) electrons. The summed E-state index contributed by atoms with van der Waals surface area (Å²) in [5.74, 6) is 1.00. The van der Waals surface area contributed by atoms with Crippen LogP contribution in [0, 0.1) is 22.2 Å². The zero-order valence-corrected chi connectivity index (χ0v) is 14.0. The van der Waals surface area contributed by atoms with Crippen LogP contribution in [0.4, 0.5) is 0 Å². The maximum absolute atomic E-state index is 10.9. The molecule has 0 spiro atoms. The van der Waals surface area contributed by atoms with E-state index in [4.69, 9.17) is 0 Å². The normalized spacial score (nSPS) is 28.7. The number of carbonyl (C=O) groups excluding carboxylic acids is 1. The smallest absolute Gasteiger partial charge is 0.299 e. The van der Waals surface area contributed by atoms with Crippen LogP contribution in [-0.4, -0.2) is 19.0 Å². The molecule has 0 bridgehead atoms. The lowest BCUT2D eigenvalue weighted by atomic mass is 9.68. The number of hydrogen-bond donors (Lipinski definition) is 1. The van der Waals surface area contributed by atoms with Crippen LogP contribution in [0.2, 0.25) is 0 Å². The van der Waals surface area contributed by atoms with Crippen molar-refractivity contribution in [3.05, 3.63) is 4.91 Å². The second-order valence-electron chi connectivity index (χ2n) is 6.82. The molecular formula is C17H32N2O2. The van der Waals surface area contributed by atoms with E-state index in [9.17, 15) is 9.70 Å². The summed E-state index contributed by atoms with van der Waals surface area (Å²) in [6.45, 7) is 7.93. The third kappa shape index (κ3) is 5.17. The second kappa shape index (κ2) is 9.29. The number of nitrogens with zero attached hydrogens (tertiary/aromatic N) is 1. The molecule has 1 rings (SSSR count). The van der Waals surface area contributed by atoms with E-state index >= 15 is 0 Å². The highest BCUT2D eigenvalue weighted by molar-refractivity contribution is 5.78. The molecule has 0 heterocycles. The molecule has 1 aliphatic carbocycles. The van der Waals surface area contributed by atoms with E-state index in [1.807, 2.05) is 0 Å². The number of rotatable bonds is 10. The number of hydrogen-bond acceptors (Lipinski definition) is 3. The van der Waals surface area contributed by atoms with Gasteiger partial charge in [-0.25, -0.2) is 0 Å². The molecule has 3 atom stereocenters. The van der Waals surface area contributed by atoms with E-state index in [0.717, 1.165) is 24.8 Å². The van der Waals surface area contributed by atoms with Crippen molar-refractivity contribution in [2.45, 2.75) is 72.1 Å². The van der Waals surface area contributed by atoms with Gasteiger partial charge in [-0.3, -0.25) is 4.79 Å². The van der Waals surface area contributed by atoms with Crippen LogP contribution in [0.5, 0.6) is 0 Å². The Balaban J connectivity index is 2.50. The highest BCUT2D eigenvalue weighted by Crippen LogP contribution is 2.53. The Morgan fingerprint density at radius 3 is 2.43 bits per heavy atom. The van der Waals surface area contributed by atoms with Crippen molar-refractivity contribution in [2.75, 3.05) is 13.1 Å². The topological polar surface area (TPSA) is 58.5 Å². The van der Waals surface area contributed by atoms with Gasteiger partial charge in [-0.05, 0) is 49.5 Å². The Kier molecular flexibility index (Phi) is 8.09. The highest BCUT2D eigenvalue weighted by Gasteiger charge is 2.44. The molecule has 3 unspecified atom stereocenters. The zero-order valence-electron chi connectivity index (χ0n) is 14.0. The molecule has 1 amide bonds. The van der Waals surface area contributed by atoms with Crippen LogP contribution in [0.1, 0.15) is 72.1 Å². The molecule has 4 nitrogen and oxygen atoms in total. The average Bonchev–Trinajstić information content (AvgIpc) is 2.79. The first-order valence-corrected chi connectivity index (χ1v) is 8.65. The van der Waals surface area contributed by atoms with Crippen molar-refractivity contribution < 1.29 is 4.79 Å². The minimum absolute atomic E-state index is 0.0836. The molecule has 0 aromatic heterocycles. The molecule has 1 fully saturated rings. The van der Waals surface area contributed by atoms with Gasteiger partial charge in [-0.1, -0.05) is 46.5 Å². The highest BCUT2D eigenvalue weighted by atomic mass is 16.3. The Labute approximate surface area is 129 Å². The lowest BCUT2D eigenvalue weighted by Gasteiger charge is -2.37. The zero-order chi connectivity index (χ0) is 15.7. The van der Waals surface area contributed by atoms with Gasteiger partial charge < -0.3 is 5.32 Å². The molecule has 0 aromatic rings. The van der Waals surface area contributed by atoms with E-state index in [-0.39, 0.29) is 6.54 Å². The number of nitrogens with one attached hydrogen (secondary N) is 1. The van der Waals surface area contributed by atoms with Gasteiger partial charge in [0.2, 0.25) is 0 Å².